The molecule has 1 fully saturated rings. The number of allylic oxidation sites excluding steroid dienone is 3. The van der Waals surface area contributed by atoms with Crippen molar-refractivity contribution < 1.29 is 4.74 Å². The fourth-order valence-corrected chi connectivity index (χ4v) is 3.79. The molecule has 0 radical (unpaired) electrons. The van der Waals surface area contributed by atoms with Crippen LogP contribution in [-0.4, -0.2) is 6.61 Å². The topological polar surface area (TPSA) is 9.23 Å². The van der Waals surface area contributed by atoms with Gasteiger partial charge in [0.25, 0.3) is 0 Å². The highest BCUT2D eigenvalue weighted by Gasteiger charge is 2.18. The van der Waals surface area contributed by atoms with Crippen molar-refractivity contribution in [3.05, 3.63) is 48.1 Å². The Morgan fingerprint density at radius 1 is 0.926 bits per heavy atom. The van der Waals surface area contributed by atoms with Crippen LogP contribution >= 0.6 is 0 Å². The molecule has 1 heteroatoms. The average Bonchev–Trinajstić information content (AvgIpc) is 2.70. The maximum atomic E-state index is 5.45. The molecule has 0 unspecified atom stereocenters. The van der Waals surface area contributed by atoms with Gasteiger partial charge in [0.2, 0.25) is 0 Å². The maximum absolute atomic E-state index is 5.45. The predicted octanol–water partition coefficient (Wildman–Crippen LogP) is 7.43. The number of ether oxygens (including phenoxy) is 1. The van der Waals surface area contributed by atoms with Gasteiger partial charge >= 0.3 is 0 Å². The van der Waals surface area contributed by atoms with E-state index in [1.54, 1.807) is 0 Å². The molecular formula is C26H36O. The maximum Gasteiger partial charge on any atom is 0.119 e. The third kappa shape index (κ3) is 9.00. The molecule has 0 amide bonds. The highest BCUT2D eigenvalue weighted by molar-refractivity contribution is 5.54. The molecule has 1 aliphatic carbocycles. The highest BCUT2D eigenvalue weighted by atomic mass is 16.5. The summed E-state index contributed by atoms with van der Waals surface area (Å²) in [5.74, 6) is 8.90. The van der Waals surface area contributed by atoms with Gasteiger partial charge in [0.1, 0.15) is 5.75 Å². The summed E-state index contributed by atoms with van der Waals surface area (Å²) in [6.45, 7) is 4.99. The number of hydrogen-bond acceptors (Lipinski definition) is 1. The van der Waals surface area contributed by atoms with E-state index in [1.165, 1.54) is 57.8 Å². The Hall–Kier alpha value is -1.94. The van der Waals surface area contributed by atoms with Crippen molar-refractivity contribution in [3.63, 3.8) is 0 Å². The first kappa shape index (κ1) is 21.4. The molecule has 1 nitrogen and oxygen atoms in total. The van der Waals surface area contributed by atoms with Crippen molar-refractivity contribution in [3.8, 4) is 17.6 Å². The monoisotopic (exact) mass is 364 g/mol. The van der Waals surface area contributed by atoms with Crippen molar-refractivity contribution in [2.45, 2.75) is 71.6 Å². The fraction of sp³-hybridized carbons (Fsp3) is 0.538. The molecule has 0 spiro atoms. The summed E-state index contributed by atoms with van der Waals surface area (Å²) in [4.78, 5) is 0. The fourth-order valence-electron chi connectivity index (χ4n) is 3.79. The summed E-state index contributed by atoms with van der Waals surface area (Å²) in [6, 6.07) is 8.10. The molecule has 0 saturated heterocycles. The molecule has 1 aromatic rings. The van der Waals surface area contributed by atoms with Crippen LogP contribution in [0, 0.1) is 23.7 Å². The van der Waals surface area contributed by atoms with E-state index in [9.17, 15) is 0 Å². The number of benzene rings is 1. The lowest BCUT2D eigenvalue weighted by Gasteiger charge is -2.26. The summed E-state index contributed by atoms with van der Waals surface area (Å²) >= 11 is 0. The van der Waals surface area contributed by atoms with Crippen LogP contribution in [0.4, 0.5) is 0 Å². The van der Waals surface area contributed by atoms with E-state index in [4.69, 9.17) is 4.74 Å². The van der Waals surface area contributed by atoms with Gasteiger partial charge in [-0.05, 0) is 80.4 Å². The Morgan fingerprint density at radius 3 is 2.37 bits per heavy atom. The molecule has 1 aliphatic rings. The van der Waals surface area contributed by atoms with Crippen molar-refractivity contribution in [1.29, 1.82) is 0 Å². The zero-order valence-electron chi connectivity index (χ0n) is 17.3. The molecule has 27 heavy (non-hydrogen) atoms. The zero-order valence-corrected chi connectivity index (χ0v) is 17.3. The van der Waals surface area contributed by atoms with Gasteiger partial charge in [-0.3, -0.25) is 0 Å². The van der Waals surface area contributed by atoms with Crippen molar-refractivity contribution >= 4 is 6.08 Å². The van der Waals surface area contributed by atoms with E-state index in [2.05, 4.69) is 43.0 Å². The van der Waals surface area contributed by atoms with Gasteiger partial charge in [0.15, 0.2) is 0 Å². The molecule has 0 aromatic heterocycles. The molecule has 146 valence electrons. The summed E-state index contributed by atoms with van der Waals surface area (Å²) in [6.07, 6.45) is 20.9. The van der Waals surface area contributed by atoms with Crippen LogP contribution in [0.5, 0.6) is 5.75 Å². The summed E-state index contributed by atoms with van der Waals surface area (Å²) in [5.41, 5.74) is 1.15. The SMILES string of the molecule is CCCCCC[C@H]1CC[C@H](/C=C/C#C/C=C/c2ccc(OCC)cc2)CC1. The zero-order chi connectivity index (χ0) is 19.2. The third-order valence-corrected chi connectivity index (χ3v) is 5.44. The summed E-state index contributed by atoms with van der Waals surface area (Å²) in [5, 5.41) is 0. The van der Waals surface area contributed by atoms with E-state index in [1.807, 2.05) is 31.2 Å². The van der Waals surface area contributed by atoms with Crippen LogP contribution in [0.3, 0.4) is 0 Å². The summed E-state index contributed by atoms with van der Waals surface area (Å²) in [7, 11) is 0. The van der Waals surface area contributed by atoms with Crippen LogP contribution in [0.2, 0.25) is 0 Å². The van der Waals surface area contributed by atoms with Gasteiger partial charge in [-0.2, -0.15) is 0 Å². The second-order valence-corrected chi connectivity index (χ2v) is 7.61. The van der Waals surface area contributed by atoms with E-state index in [0.717, 1.165) is 23.1 Å². The van der Waals surface area contributed by atoms with Gasteiger partial charge in [-0.15, -0.1) is 0 Å². The largest absolute Gasteiger partial charge is 0.494 e. The van der Waals surface area contributed by atoms with E-state index >= 15 is 0 Å². The smallest absolute Gasteiger partial charge is 0.119 e. The number of unbranched alkanes of at least 4 members (excludes halogenated alkanes) is 3. The van der Waals surface area contributed by atoms with Gasteiger partial charge in [-0.1, -0.05) is 69.1 Å². The quantitative estimate of drug-likeness (QED) is 0.327. The molecule has 0 atom stereocenters. The Morgan fingerprint density at radius 2 is 1.67 bits per heavy atom. The summed E-state index contributed by atoms with van der Waals surface area (Å²) < 4.78 is 5.45. The van der Waals surface area contributed by atoms with E-state index < -0.39 is 0 Å². The van der Waals surface area contributed by atoms with Crippen LogP contribution in [-0.2, 0) is 0 Å². The average molecular weight is 365 g/mol. The molecular weight excluding hydrogens is 328 g/mol. The second-order valence-electron chi connectivity index (χ2n) is 7.61. The van der Waals surface area contributed by atoms with Crippen LogP contribution in [0.15, 0.2) is 42.5 Å². The molecule has 2 rings (SSSR count). The molecule has 1 saturated carbocycles. The van der Waals surface area contributed by atoms with Crippen molar-refractivity contribution in [2.75, 3.05) is 6.61 Å². The van der Waals surface area contributed by atoms with Crippen molar-refractivity contribution in [2.24, 2.45) is 11.8 Å². The lowest BCUT2D eigenvalue weighted by Crippen LogP contribution is -2.12. The number of hydrogen-bond donors (Lipinski definition) is 0. The van der Waals surface area contributed by atoms with Gasteiger partial charge < -0.3 is 4.74 Å². The second kappa shape index (κ2) is 13.3. The van der Waals surface area contributed by atoms with Gasteiger partial charge in [0.05, 0.1) is 6.61 Å². The Labute approximate surface area is 166 Å². The normalized spacial score (nSPS) is 19.9. The standard InChI is InChI=1S/C26H36O/c1-3-5-6-9-12-23-15-17-24(18-16-23)13-10-7-8-11-14-25-19-21-26(22-20-25)27-4-2/h10-11,13-14,19-24H,3-6,9,12,15-18H2,1-2H3/b13-10+,14-11+/t23-,24-. The minimum Gasteiger partial charge on any atom is -0.494 e. The van der Waals surface area contributed by atoms with Gasteiger partial charge in [0, 0.05) is 0 Å². The number of rotatable bonds is 9. The molecule has 0 N–H and O–H groups in total. The highest BCUT2D eigenvalue weighted by Crippen LogP contribution is 2.32. The van der Waals surface area contributed by atoms with Crippen molar-refractivity contribution in [1.82, 2.24) is 0 Å². The first-order valence-electron chi connectivity index (χ1n) is 10.9. The molecule has 0 heterocycles. The first-order chi connectivity index (χ1) is 13.3. The molecule has 0 aliphatic heterocycles. The minimum absolute atomic E-state index is 0.702. The Bertz CT molecular complexity index is 618. The predicted molar refractivity (Wildman–Crippen MR) is 118 cm³/mol. The van der Waals surface area contributed by atoms with Crippen LogP contribution < -0.4 is 4.74 Å². The van der Waals surface area contributed by atoms with Crippen LogP contribution in [0.1, 0.15) is 77.2 Å². The first-order valence-corrected chi connectivity index (χ1v) is 10.9. The minimum atomic E-state index is 0.702. The van der Waals surface area contributed by atoms with E-state index in [0.29, 0.717) is 6.61 Å². The van der Waals surface area contributed by atoms with Gasteiger partial charge in [-0.25, -0.2) is 0 Å². The van der Waals surface area contributed by atoms with Crippen LogP contribution in [0.25, 0.3) is 6.08 Å². The van der Waals surface area contributed by atoms with E-state index in [-0.39, 0.29) is 0 Å². The lowest BCUT2D eigenvalue weighted by molar-refractivity contribution is 0.289. The molecule has 0 bridgehead atoms. The lowest BCUT2D eigenvalue weighted by atomic mass is 9.79. The molecule has 1 aromatic carbocycles. The third-order valence-electron chi connectivity index (χ3n) is 5.44. The Balaban J connectivity index is 1.65. The Kier molecular flexibility index (Phi) is 10.5.